The molecule has 3 N–H and O–H groups in total. The Morgan fingerprint density at radius 1 is 0.857 bits per heavy atom. The smallest absolute Gasteiger partial charge is 0.305 e. The zero-order valence-electron chi connectivity index (χ0n) is 18.7. The van der Waals surface area contributed by atoms with Crippen LogP contribution in [0.1, 0.15) is 117 Å². The highest BCUT2D eigenvalue weighted by Gasteiger charge is 2.14. The summed E-state index contributed by atoms with van der Waals surface area (Å²) >= 11 is 0. The van der Waals surface area contributed by atoms with E-state index in [1.807, 2.05) is 6.08 Å². The van der Waals surface area contributed by atoms with E-state index in [0.717, 1.165) is 32.1 Å². The van der Waals surface area contributed by atoms with E-state index in [-0.39, 0.29) is 12.6 Å². The average molecular weight is 398 g/mol. The molecule has 0 aromatic carbocycles. The molecule has 0 aliphatic carbocycles. The quantitative estimate of drug-likeness (QED) is 0.149. The maximum atomic E-state index is 11.6. The summed E-state index contributed by atoms with van der Waals surface area (Å²) in [4.78, 5) is 11.6. The van der Waals surface area contributed by atoms with Gasteiger partial charge in [0, 0.05) is 6.42 Å². The number of esters is 1. The standard InChI is InChI=1S/C24H47NO3/c1-3-5-7-8-9-10-11-12-13-14-15-16-18-19-23(26)22(25)21-28-24(27)20-17-6-4-2/h18-19,22-23,26H,3-17,20-21,25H2,1-2H3/b19-18+. The summed E-state index contributed by atoms with van der Waals surface area (Å²) < 4.78 is 5.13. The van der Waals surface area contributed by atoms with Crippen LogP contribution in [-0.4, -0.2) is 29.8 Å². The van der Waals surface area contributed by atoms with Crippen molar-refractivity contribution in [1.82, 2.24) is 0 Å². The Hall–Kier alpha value is -0.870. The van der Waals surface area contributed by atoms with Gasteiger partial charge in [-0.05, 0) is 19.3 Å². The van der Waals surface area contributed by atoms with Crippen LogP contribution in [0.4, 0.5) is 0 Å². The predicted octanol–water partition coefficient (Wildman–Crippen LogP) is 6.06. The fourth-order valence-electron chi connectivity index (χ4n) is 3.18. The second-order valence-corrected chi connectivity index (χ2v) is 8.05. The molecule has 4 heteroatoms. The Balaban J connectivity index is 3.51. The maximum Gasteiger partial charge on any atom is 0.305 e. The van der Waals surface area contributed by atoms with Crippen molar-refractivity contribution in [1.29, 1.82) is 0 Å². The first-order valence-electron chi connectivity index (χ1n) is 11.9. The zero-order valence-corrected chi connectivity index (χ0v) is 18.7. The van der Waals surface area contributed by atoms with Crippen LogP contribution in [0.25, 0.3) is 0 Å². The third-order valence-corrected chi connectivity index (χ3v) is 5.17. The van der Waals surface area contributed by atoms with Crippen molar-refractivity contribution >= 4 is 5.97 Å². The van der Waals surface area contributed by atoms with Crippen molar-refractivity contribution in [3.8, 4) is 0 Å². The van der Waals surface area contributed by atoms with Crippen LogP contribution in [-0.2, 0) is 9.53 Å². The minimum atomic E-state index is -0.754. The van der Waals surface area contributed by atoms with E-state index < -0.39 is 12.1 Å². The number of aliphatic hydroxyl groups is 1. The second-order valence-electron chi connectivity index (χ2n) is 8.05. The molecule has 2 unspecified atom stereocenters. The van der Waals surface area contributed by atoms with Gasteiger partial charge in [-0.1, -0.05) is 103 Å². The molecule has 0 saturated carbocycles. The summed E-state index contributed by atoms with van der Waals surface area (Å²) in [7, 11) is 0. The van der Waals surface area contributed by atoms with Gasteiger partial charge in [0.05, 0.1) is 12.1 Å². The highest BCUT2D eigenvalue weighted by molar-refractivity contribution is 5.69. The molecule has 0 rings (SSSR count). The first-order chi connectivity index (χ1) is 13.6. The number of nitrogens with two attached hydrogens (primary N) is 1. The minimum absolute atomic E-state index is 0.0783. The highest BCUT2D eigenvalue weighted by Crippen LogP contribution is 2.12. The lowest BCUT2D eigenvalue weighted by molar-refractivity contribution is -0.144. The van der Waals surface area contributed by atoms with Gasteiger partial charge in [0.1, 0.15) is 6.61 Å². The van der Waals surface area contributed by atoms with Crippen molar-refractivity contribution in [3.63, 3.8) is 0 Å². The summed E-state index contributed by atoms with van der Waals surface area (Å²) in [6.45, 7) is 4.44. The predicted molar refractivity (Wildman–Crippen MR) is 119 cm³/mol. The Kier molecular flexibility index (Phi) is 20.2. The number of rotatable bonds is 20. The Labute approximate surface area is 174 Å². The van der Waals surface area contributed by atoms with E-state index in [4.69, 9.17) is 10.5 Å². The van der Waals surface area contributed by atoms with E-state index in [1.54, 1.807) is 6.08 Å². The topological polar surface area (TPSA) is 72.6 Å². The van der Waals surface area contributed by atoms with Crippen molar-refractivity contribution in [2.24, 2.45) is 5.73 Å². The SMILES string of the molecule is CCCCCCCCCCCCC/C=C/C(O)C(N)COC(=O)CCCCC. The monoisotopic (exact) mass is 397 g/mol. The number of hydrogen-bond donors (Lipinski definition) is 2. The average Bonchev–Trinajstić information content (AvgIpc) is 2.69. The molecule has 28 heavy (non-hydrogen) atoms. The van der Waals surface area contributed by atoms with E-state index >= 15 is 0 Å². The fourth-order valence-corrected chi connectivity index (χ4v) is 3.18. The first-order valence-corrected chi connectivity index (χ1v) is 11.9. The number of hydrogen-bond acceptors (Lipinski definition) is 4. The highest BCUT2D eigenvalue weighted by atomic mass is 16.5. The summed E-state index contributed by atoms with van der Waals surface area (Å²) in [5.41, 5.74) is 5.89. The molecule has 4 nitrogen and oxygen atoms in total. The first kappa shape index (κ1) is 27.1. The Morgan fingerprint density at radius 2 is 1.36 bits per heavy atom. The van der Waals surface area contributed by atoms with E-state index in [9.17, 15) is 9.90 Å². The molecule has 0 fully saturated rings. The van der Waals surface area contributed by atoms with E-state index in [0.29, 0.717) is 6.42 Å². The lowest BCUT2D eigenvalue weighted by Crippen LogP contribution is -2.38. The van der Waals surface area contributed by atoms with Gasteiger partial charge in [-0.15, -0.1) is 0 Å². The number of aliphatic hydroxyl groups excluding tert-OH is 1. The molecule has 166 valence electrons. The largest absolute Gasteiger partial charge is 0.464 e. The molecule has 0 aromatic heterocycles. The lowest BCUT2D eigenvalue weighted by atomic mass is 10.0. The van der Waals surface area contributed by atoms with Gasteiger partial charge in [0.15, 0.2) is 0 Å². The van der Waals surface area contributed by atoms with Crippen LogP contribution in [0, 0.1) is 0 Å². The van der Waals surface area contributed by atoms with Crippen molar-refractivity contribution in [2.45, 2.75) is 129 Å². The number of carbonyl (C=O) groups excluding carboxylic acids is 1. The number of ether oxygens (including phenoxy) is 1. The van der Waals surface area contributed by atoms with Crippen LogP contribution >= 0.6 is 0 Å². The van der Waals surface area contributed by atoms with Crippen LogP contribution in [0.3, 0.4) is 0 Å². The van der Waals surface area contributed by atoms with Gasteiger partial charge in [0.25, 0.3) is 0 Å². The summed E-state index contributed by atoms with van der Waals surface area (Å²) in [6.07, 6.45) is 22.1. The molecular weight excluding hydrogens is 350 g/mol. The molecule has 0 bridgehead atoms. The minimum Gasteiger partial charge on any atom is -0.464 e. The third-order valence-electron chi connectivity index (χ3n) is 5.17. The molecule has 0 amide bonds. The molecule has 0 aliphatic heterocycles. The number of carbonyl (C=O) groups is 1. The van der Waals surface area contributed by atoms with Crippen LogP contribution in [0.15, 0.2) is 12.2 Å². The molecule has 0 aromatic rings. The molecule has 0 saturated heterocycles. The van der Waals surface area contributed by atoms with Crippen LogP contribution < -0.4 is 5.73 Å². The van der Waals surface area contributed by atoms with Gasteiger partial charge in [-0.3, -0.25) is 4.79 Å². The van der Waals surface area contributed by atoms with Crippen molar-refractivity contribution in [2.75, 3.05) is 6.61 Å². The molecular formula is C24H47NO3. The summed E-state index contributed by atoms with van der Waals surface area (Å²) in [5.74, 6) is -0.221. The molecule has 0 radical (unpaired) electrons. The van der Waals surface area contributed by atoms with Gasteiger partial charge in [-0.25, -0.2) is 0 Å². The normalized spacial score (nSPS) is 13.7. The Morgan fingerprint density at radius 3 is 1.93 bits per heavy atom. The zero-order chi connectivity index (χ0) is 20.9. The van der Waals surface area contributed by atoms with Gasteiger partial charge >= 0.3 is 5.97 Å². The molecule has 2 atom stereocenters. The van der Waals surface area contributed by atoms with E-state index in [2.05, 4.69) is 13.8 Å². The molecule has 0 aliphatic rings. The Bertz CT molecular complexity index is 371. The number of unbranched alkanes of at least 4 members (excludes halogenated alkanes) is 13. The van der Waals surface area contributed by atoms with Crippen LogP contribution in [0.5, 0.6) is 0 Å². The summed E-state index contributed by atoms with van der Waals surface area (Å²) in [5, 5.41) is 10.0. The summed E-state index contributed by atoms with van der Waals surface area (Å²) in [6, 6.07) is -0.552. The second kappa shape index (κ2) is 20.9. The van der Waals surface area contributed by atoms with Gasteiger partial charge in [0.2, 0.25) is 0 Å². The van der Waals surface area contributed by atoms with Crippen LogP contribution in [0.2, 0.25) is 0 Å². The number of allylic oxidation sites excluding steroid dienone is 1. The molecule has 0 heterocycles. The molecule has 0 spiro atoms. The van der Waals surface area contributed by atoms with Gasteiger partial charge in [-0.2, -0.15) is 0 Å². The fraction of sp³-hybridized carbons (Fsp3) is 0.875. The van der Waals surface area contributed by atoms with Crippen molar-refractivity contribution < 1.29 is 14.6 Å². The van der Waals surface area contributed by atoms with Crippen molar-refractivity contribution in [3.05, 3.63) is 12.2 Å². The third kappa shape index (κ3) is 18.5. The lowest BCUT2D eigenvalue weighted by Gasteiger charge is -2.15. The van der Waals surface area contributed by atoms with Gasteiger partial charge < -0.3 is 15.6 Å². The maximum absolute atomic E-state index is 11.6. The van der Waals surface area contributed by atoms with E-state index in [1.165, 1.54) is 64.2 Å².